The molecule has 2 heteroatoms. The first-order valence-corrected chi connectivity index (χ1v) is 18.0. The van der Waals surface area contributed by atoms with Crippen molar-refractivity contribution in [3.8, 4) is 39.1 Å². The van der Waals surface area contributed by atoms with Gasteiger partial charge in [-0.2, -0.15) is 0 Å². The van der Waals surface area contributed by atoms with Crippen molar-refractivity contribution in [2.75, 3.05) is 4.90 Å². The molecule has 0 spiro atoms. The Balaban J connectivity index is 1.21. The van der Waals surface area contributed by atoms with E-state index in [9.17, 15) is 1.37 Å². The van der Waals surface area contributed by atoms with E-state index in [2.05, 4.69) is 119 Å². The van der Waals surface area contributed by atoms with Gasteiger partial charge in [-0.15, -0.1) is 0 Å². The molecule has 10 aromatic rings. The Hall–Kier alpha value is -7.16. The Morgan fingerprint density at radius 2 is 1.02 bits per heavy atom. The average molecular weight is 696 g/mol. The molecule has 0 unspecified atom stereocenters. The van der Waals surface area contributed by atoms with E-state index in [1.165, 1.54) is 0 Å². The van der Waals surface area contributed by atoms with Crippen molar-refractivity contribution in [3.05, 3.63) is 218 Å². The van der Waals surface area contributed by atoms with E-state index in [0.717, 1.165) is 66.8 Å². The maximum atomic E-state index is 9.19. The van der Waals surface area contributed by atoms with Crippen LogP contribution in [0.4, 0.5) is 17.1 Å². The predicted molar refractivity (Wildman–Crippen MR) is 229 cm³/mol. The van der Waals surface area contributed by atoms with Crippen LogP contribution in [0.15, 0.2) is 218 Å². The van der Waals surface area contributed by atoms with E-state index in [1.807, 2.05) is 66.7 Å². The van der Waals surface area contributed by atoms with Crippen molar-refractivity contribution >= 4 is 49.6 Å². The lowest BCUT2D eigenvalue weighted by molar-refractivity contribution is 1.18. The number of aromatic nitrogens is 1. The second-order valence-electron chi connectivity index (χ2n) is 13.2. The molecule has 54 heavy (non-hydrogen) atoms. The fourth-order valence-corrected chi connectivity index (χ4v) is 7.64. The van der Waals surface area contributed by atoms with Gasteiger partial charge in [0, 0.05) is 33.3 Å². The van der Waals surface area contributed by atoms with Crippen molar-refractivity contribution in [1.29, 1.82) is 0 Å². The van der Waals surface area contributed by atoms with Crippen LogP contribution >= 0.6 is 0 Å². The first kappa shape index (κ1) is 24.9. The highest BCUT2D eigenvalue weighted by molar-refractivity contribution is 6.17. The van der Waals surface area contributed by atoms with Crippen LogP contribution in [0.3, 0.4) is 0 Å². The minimum atomic E-state index is -0.490. The average Bonchev–Trinajstić information content (AvgIpc) is 3.65. The Bertz CT molecular complexity index is 3330. The SMILES string of the molecule is [2H]c1c([2H])c([2H])c2c([2H])c(-c3ccc(N(c4ccccc4-c4ccccc4)c4ccccc4-c4cccc5c4c4ccccc4n5-c4ccccc4)cc3)c([2H])c([2H])c2c1[2H]. The molecule has 0 saturated carbocycles. The first-order chi connectivity index (χ1) is 29.7. The van der Waals surface area contributed by atoms with Crippen molar-refractivity contribution in [1.82, 2.24) is 4.57 Å². The molecule has 0 atom stereocenters. The van der Waals surface area contributed by atoms with Gasteiger partial charge in [-0.3, -0.25) is 0 Å². The van der Waals surface area contributed by atoms with E-state index < -0.39 is 24.2 Å². The van der Waals surface area contributed by atoms with Gasteiger partial charge in [0.05, 0.1) is 32.0 Å². The highest BCUT2D eigenvalue weighted by atomic mass is 15.1. The van der Waals surface area contributed by atoms with Crippen LogP contribution in [-0.2, 0) is 0 Å². The number of nitrogens with zero attached hydrogens (tertiary/aromatic N) is 2. The minimum absolute atomic E-state index is 0.0683. The minimum Gasteiger partial charge on any atom is -0.309 e. The summed E-state index contributed by atoms with van der Waals surface area (Å²) >= 11 is 0. The maximum Gasteiger partial charge on any atom is 0.0636 e. The summed E-state index contributed by atoms with van der Waals surface area (Å²) in [5, 5.41) is 2.08. The lowest BCUT2D eigenvalue weighted by atomic mass is 9.95. The summed E-state index contributed by atoms with van der Waals surface area (Å²) in [5.74, 6) is 0. The van der Waals surface area contributed by atoms with Crippen LogP contribution in [-0.4, -0.2) is 4.57 Å². The van der Waals surface area contributed by atoms with E-state index in [4.69, 9.17) is 8.22 Å². The summed E-state index contributed by atoms with van der Waals surface area (Å²) < 4.78 is 62.9. The Labute approximate surface area is 325 Å². The third kappa shape index (κ3) is 5.44. The zero-order valence-electron chi connectivity index (χ0n) is 36.1. The number of hydrogen-bond donors (Lipinski definition) is 0. The van der Waals surface area contributed by atoms with E-state index >= 15 is 0 Å². The normalized spacial score (nSPS) is 13.1. The monoisotopic (exact) mass is 695 g/mol. The van der Waals surface area contributed by atoms with Gasteiger partial charge in [0.2, 0.25) is 0 Å². The number of anilines is 3. The third-order valence-corrected chi connectivity index (χ3v) is 10.0. The molecule has 0 aliphatic heterocycles. The van der Waals surface area contributed by atoms with Gasteiger partial charge in [0.1, 0.15) is 0 Å². The number of rotatable bonds is 7. The smallest absolute Gasteiger partial charge is 0.0636 e. The van der Waals surface area contributed by atoms with Crippen LogP contribution in [0, 0.1) is 0 Å². The van der Waals surface area contributed by atoms with E-state index in [-0.39, 0.29) is 34.5 Å². The molecule has 0 amide bonds. The predicted octanol–water partition coefficient (Wildman–Crippen LogP) is 14.4. The van der Waals surface area contributed by atoms with E-state index in [1.54, 1.807) is 0 Å². The Morgan fingerprint density at radius 3 is 1.81 bits per heavy atom. The topological polar surface area (TPSA) is 8.17 Å². The molecule has 0 fully saturated rings. The fraction of sp³-hybridized carbons (Fsp3) is 0. The quantitative estimate of drug-likeness (QED) is 0.161. The lowest BCUT2D eigenvalue weighted by Crippen LogP contribution is -2.12. The molecule has 2 nitrogen and oxygen atoms in total. The van der Waals surface area contributed by atoms with Crippen LogP contribution in [0.25, 0.3) is 71.6 Å². The number of fused-ring (bicyclic) bond motifs is 4. The highest BCUT2D eigenvalue weighted by Gasteiger charge is 2.23. The van der Waals surface area contributed by atoms with Gasteiger partial charge < -0.3 is 9.47 Å². The molecule has 0 saturated heterocycles. The van der Waals surface area contributed by atoms with Gasteiger partial charge >= 0.3 is 0 Å². The molecule has 0 radical (unpaired) electrons. The molecule has 0 aliphatic rings. The highest BCUT2D eigenvalue weighted by Crippen LogP contribution is 2.47. The van der Waals surface area contributed by atoms with Gasteiger partial charge in [0.15, 0.2) is 0 Å². The summed E-state index contributed by atoms with van der Waals surface area (Å²) in [5.41, 5.74) is 10.7. The van der Waals surface area contributed by atoms with Gasteiger partial charge in [-0.1, -0.05) is 164 Å². The van der Waals surface area contributed by atoms with Crippen LogP contribution in [0.5, 0.6) is 0 Å². The molecule has 1 heterocycles. The second kappa shape index (κ2) is 13.4. The summed E-state index contributed by atoms with van der Waals surface area (Å²) in [7, 11) is 0. The van der Waals surface area contributed by atoms with Crippen molar-refractivity contribution < 1.29 is 9.60 Å². The van der Waals surface area contributed by atoms with Crippen LogP contribution in [0.2, 0.25) is 0 Å². The van der Waals surface area contributed by atoms with Crippen LogP contribution in [0.1, 0.15) is 9.60 Å². The molecule has 0 N–H and O–H groups in total. The van der Waals surface area contributed by atoms with Crippen molar-refractivity contribution in [2.24, 2.45) is 0 Å². The zero-order valence-corrected chi connectivity index (χ0v) is 29.1. The van der Waals surface area contributed by atoms with Gasteiger partial charge in [0.25, 0.3) is 0 Å². The number of hydrogen-bond acceptors (Lipinski definition) is 1. The molecule has 0 bridgehead atoms. The third-order valence-electron chi connectivity index (χ3n) is 10.0. The molecule has 10 rings (SSSR count). The fourth-order valence-electron chi connectivity index (χ4n) is 7.64. The largest absolute Gasteiger partial charge is 0.309 e. The van der Waals surface area contributed by atoms with Crippen molar-refractivity contribution in [3.63, 3.8) is 0 Å². The van der Waals surface area contributed by atoms with Gasteiger partial charge in [-0.05, 0) is 87.6 Å². The molecule has 9 aromatic carbocycles. The Kier molecular flexibility index (Phi) is 6.20. The molecule has 1 aromatic heterocycles. The summed E-state index contributed by atoms with van der Waals surface area (Å²) in [6.07, 6.45) is 0. The lowest BCUT2D eigenvalue weighted by Gasteiger charge is -2.30. The number of benzene rings is 9. The molecular formula is C52H36N2. The zero-order chi connectivity index (χ0) is 41.9. The van der Waals surface area contributed by atoms with Gasteiger partial charge in [-0.25, -0.2) is 0 Å². The molecular weight excluding hydrogens is 653 g/mol. The molecule has 0 aliphatic carbocycles. The Morgan fingerprint density at radius 1 is 0.407 bits per heavy atom. The summed E-state index contributed by atoms with van der Waals surface area (Å²) in [6.45, 7) is 0. The number of para-hydroxylation sites is 4. The summed E-state index contributed by atoms with van der Waals surface area (Å²) in [4.78, 5) is 2.24. The first-order valence-electron chi connectivity index (χ1n) is 21.5. The standard InChI is InChI=1S/C52H36N2/c1-3-17-39(18-4-1)44-22-9-12-26-48(44)53(43-34-32-38(33-35-43)41-31-30-37-16-7-8-19-40(37)36-41)49-27-13-10-23-45(49)46-25-15-29-51-52(46)47-24-11-14-28-50(47)54(51)42-20-5-2-6-21-42/h1-36H/i7D,8D,16D,19D,30D,31D,36D. The summed E-state index contributed by atoms with van der Waals surface area (Å²) in [6, 6.07) is 57.3. The van der Waals surface area contributed by atoms with Crippen molar-refractivity contribution in [2.45, 2.75) is 0 Å². The van der Waals surface area contributed by atoms with E-state index in [0.29, 0.717) is 5.56 Å². The second-order valence-corrected chi connectivity index (χ2v) is 13.2. The van der Waals surface area contributed by atoms with Crippen LogP contribution < -0.4 is 4.90 Å². The molecule has 254 valence electrons. The maximum absolute atomic E-state index is 9.19.